The van der Waals surface area contributed by atoms with Crippen LogP contribution in [0.4, 0.5) is 4.39 Å². The Labute approximate surface area is 184 Å². The van der Waals surface area contributed by atoms with Gasteiger partial charge in [0.1, 0.15) is 11.5 Å². The number of rotatable bonds is 7. The minimum Gasteiger partial charge on any atom is -0.356 e. The molecule has 0 saturated carbocycles. The number of carbonyl (C=O) groups is 1. The highest BCUT2D eigenvalue weighted by atomic mass is 19.1. The van der Waals surface area contributed by atoms with E-state index in [1.807, 2.05) is 65.3 Å². The number of amides is 1. The fourth-order valence-electron chi connectivity index (χ4n) is 4.10. The molecule has 0 atom stereocenters. The van der Waals surface area contributed by atoms with Crippen molar-refractivity contribution in [2.45, 2.75) is 19.3 Å². The molecule has 0 aliphatic carbocycles. The first-order valence-corrected chi connectivity index (χ1v) is 10.7. The van der Waals surface area contributed by atoms with Crippen LogP contribution in [0.1, 0.15) is 17.7 Å². The number of aromatic nitrogens is 3. The molecule has 32 heavy (non-hydrogen) atoms. The SMILES string of the molecule is O=C(CCc1c(-c2ccccc2)[nH]c2ccc(F)cc12)NCCc1cn2ccccc2n1. The summed E-state index contributed by atoms with van der Waals surface area (Å²) in [6.07, 6.45) is 5.45. The van der Waals surface area contributed by atoms with Gasteiger partial charge in [0.15, 0.2) is 0 Å². The van der Waals surface area contributed by atoms with E-state index in [2.05, 4.69) is 15.3 Å². The predicted octanol–water partition coefficient (Wildman–Crippen LogP) is 4.91. The summed E-state index contributed by atoms with van der Waals surface area (Å²) in [6.45, 7) is 0.525. The molecule has 0 unspecified atom stereocenters. The smallest absolute Gasteiger partial charge is 0.220 e. The van der Waals surface area contributed by atoms with Gasteiger partial charge in [-0.25, -0.2) is 9.37 Å². The monoisotopic (exact) mass is 426 g/mol. The third-order valence-corrected chi connectivity index (χ3v) is 5.65. The average molecular weight is 426 g/mol. The van der Waals surface area contributed by atoms with Crippen molar-refractivity contribution in [2.75, 3.05) is 6.54 Å². The van der Waals surface area contributed by atoms with E-state index in [1.54, 1.807) is 6.07 Å². The molecule has 3 heterocycles. The van der Waals surface area contributed by atoms with E-state index >= 15 is 0 Å². The zero-order valence-corrected chi connectivity index (χ0v) is 17.5. The molecule has 2 N–H and O–H groups in total. The summed E-state index contributed by atoms with van der Waals surface area (Å²) in [6, 6.07) is 20.5. The molecule has 0 bridgehead atoms. The van der Waals surface area contributed by atoms with Crippen molar-refractivity contribution in [3.8, 4) is 11.3 Å². The second kappa shape index (κ2) is 8.67. The second-order valence-corrected chi connectivity index (χ2v) is 7.83. The van der Waals surface area contributed by atoms with Gasteiger partial charge in [-0.1, -0.05) is 36.4 Å². The molecular weight excluding hydrogens is 403 g/mol. The maximum atomic E-state index is 13.9. The number of hydrogen-bond donors (Lipinski definition) is 2. The summed E-state index contributed by atoms with van der Waals surface area (Å²) in [5.41, 5.74) is 5.62. The molecule has 0 aliphatic heterocycles. The van der Waals surface area contributed by atoms with Gasteiger partial charge in [-0.15, -0.1) is 0 Å². The van der Waals surface area contributed by atoms with E-state index in [0.29, 0.717) is 25.8 Å². The standard InChI is InChI=1S/C26H23FN4O/c27-19-9-11-23-22(16-19)21(26(30-23)18-6-2-1-3-7-18)10-12-25(32)28-14-13-20-17-31-15-5-4-8-24(31)29-20/h1-9,11,15-17,30H,10,12-14H2,(H,28,32). The van der Waals surface area contributed by atoms with Crippen LogP contribution in [-0.2, 0) is 17.6 Å². The van der Waals surface area contributed by atoms with Crippen LogP contribution < -0.4 is 5.32 Å². The Bertz CT molecular complexity index is 1350. The van der Waals surface area contributed by atoms with Crippen LogP contribution in [0.5, 0.6) is 0 Å². The number of aryl methyl sites for hydroxylation is 1. The molecule has 0 saturated heterocycles. The lowest BCUT2D eigenvalue weighted by molar-refractivity contribution is -0.121. The maximum absolute atomic E-state index is 13.9. The molecule has 5 rings (SSSR count). The molecular formula is C26H23FN4O. The van der Waals surface area contributed by atoms with Gasteiger partial charge in [-0.2, -0.15) is 0 Å². The second-order valence-electron chi connectivity index (χ2n) is 7.83. The molecule has 0 radical (unpaired) electrons. The van der Waals surface area contributed by atoms with Crippen LogP contribution in [-0.4, -0.2) is 26.8 Å². The number of H-pyrrole nitrogens is 1. The van der Waals surface area contributed by atoms with Crippen LogP contribution in [0, 0.1) is 5.82 Å². The predicted molar refractivity (Wildman–Crippen MR) is 124 cm³/mol. The van der Waals surface area contributed by atoms with Gasteiger partial charge >= 0.3 is 0 Å². The minimum atomic E-state index is -0.283. The first kappa shape index (κ1) is 20.0. The number of benzene rings is 2. The van der Waals surface area contributed by atoms with Gasteiger partial charge in [-0.05, 0) is 47.9 Å². The van der Waals surface area contributed by atoms with Crippen molar-refractivity contribution in [3.63, 3.8) is 0 Å². The zero-order valence-electron chi connectivity index (χ0n) is 17.5. The molecule has 5 nitrogen and oxygen atoms in total. The van der Waals surface area contributed by atoms with Gasteiger partial charge in [0.05, 0.1) is 5.69 Å². The number of halogens is 1. The Balaban J connectivity index is 1.27. The number of pyridine rings is 1. The van der Waals surface area contributed by atoms with Gasteiger partial charge in [0.2, 0.25) is 5.91 Å². The van der Waals surface area contributed by atoms with E-state index in [4.69, 9.17) is 0 Å². The average Bonchev–Trinajstić information content (AvgIpc) is 3.39. The van der Waals surface area contributed by atoms with Gasteiger partial charge in [-0.3, -0.25) is 4.79 Å². The van der Waals surface area contributed by atoms with Crippen molar-refractivity contribution >= 4 is 22.5 Å². The van der Waals surface area contributed by atoms with E-state index in [1.165, 1.54) is 12.1 Å². The highest BCUT2D eigenvalue weighted by molar-refractivity contribution is 5.91. The van der Waals surface area contributed by atoms with E-state index in [9.17, 15) is 9.18 Å². The molecule has 3 aromatic heterocycles. The topological polar surface area (TPSA) is 62.2 Å². The lowest BCUT2D eigenvalue weighted by Crippen LogP contribution is -2.26. The van der Waals surface area contributed by atoms with E-state index in [0.717, 1.165) is 39.1 Å². The highest BCUT2D eigenvalue weighted by Gasteiger charge is 2.15. The normalized spacial score (nSPS) is 11.3. The Morgan fingerprint density at radius 1 is 1.03 bits per heavy atom. The molecule has 0 spiro atoms. The number of nitrogens with one attached hydrogen (secondary N) is 2. The first-order valence-electron chi connectivity index (χ1n) is 10.7. The van der Waals surface area contributed by atoms with Gasteiger partial charge < -0.3 is 14.7 Å². The summed E-state index contributed by atoms with van der Waals surface area (Å²) < 4.78 is 15.9. The van der Waals surface area contributed by atoms with Crippen molar-refractivity contribution in [1.29, 1.82) is 0 Å². The zero-order chi connectivity index (χ0) is 21.9. The maximum Gasteiger partial charge on any atom is 0.220 e. The lowest BCUT2D eigenvalue weighted by Gasteiger charge is -2.07. The molecule has 0 fully saturated rings. The van der Waals surface area contributed by atoms with Gasteiger partial charge in [0.25, 0.3) is 0 Å². The number of hydrogen-bond acceptors (Lipinski definition) is 2. The largest absolute Gasteiger partial charge is 0.356 e. The van der Waals surface area contributed by atoms with Crippen molar-refractivity contribution < 1.29 is 9.18 Å². The summed E-state index contributed by atoms with van der Waals surface area (Å²) in [4.78, 5) is 20.5. The third kappa shape index (κ3) is 4.12. The van der Waals surface area contributed by atoms with Crippen molar-refractivity contribution in [2.24, 2.45) is 0 Å². The summed E-state index contributed by atoms with van der Waals surface area (Å²) in [5.74, 6) is -0.312. The number of imidazole rings is 1. The van der Waals surface area contributed by atoms with Gasteiger partial charge in [0, 0.05) is 48.4 Å². The number of aromatic amines is 1. The molecule has 2 aromatic carbocycles. The van der Waals surface area contributed by atoms with Crippen LogP contribution in [0.15, 0.2) is 79.1 Å². The Morgan fingerprint density at radius 2 is 1.88 bits per heavy atom. The Hall–Kier alpha value is -3.93. The van der Waals surface area contributed by atoms with Crippen molar-refractivity contribution in [3.05, 3.63) is 96.2 Å². The highest BCUT2D eigenvalue weighted by Crippen LogP contribution is 2.31. The summed E-state index contributed by atoms with van der Waals surface area (Å²) >= 11 is 0. The minimum absolute atomic E-state index is 0.0291. The Kier molecular flexibility index (Phi) is 5.42. The Morgan fingerprint density at radius 3 is 2.72 bits per heavy atom. The summed E-state index contributed by atoms with van der Waals surface area (Å²) in [5, 5.41) is 3.80. The fourth-order valence-corrected chi connectivity index (χ4v) is 4.10. The quantitative estimate of drug-likeness (QED) is 0.388. The number of nitrogens with zero attached hydrogens (tertiary/aromatic N) is 2. The van der Waals surface area contributed by atoms with Crippen molar-refractivity contribution in [1.82, 2.24) is 19.7 Å². The first-order chi connectivity index (χ1) is 15.7. The molecule has 0 aliphatic rings. The van der Waals surface area contributed by atoms with Crippen LogP contribution in [0.3, 0.4) is 0 Å². The molecule has 6 heteroatoms. The number of carbonyl (C=O) groups excluding carboxylic acids is 1. The number of fused-ring (bicyclic) bond motifs is 2. The third-order valence-electron chi connectivity index (χ3n) is 5.65. The fraction of sp³-hybridized carbons (Fsp3) is 0.154. The van der Waals surface area contributed by atoms with Crippen LogP contribution in [0.2, 0.25) is 0 Å². The van der Waals surface area contributed by atoms with E-state index in [-0.39, 0.29) is 11.7 Å². The molecule has 1 amide bonds. The van der Waals surface area contributed by atoms with Crippen LogP contribution in [0.25, 0.3) is 27.8 Å². The molecule has 5 aromatic rings. The summed E-state index contributed by atoms with van der Waals surface area (Å²) in [7, 11) is 0. The van der Waals surface area contributed by atoms with E-state index < -0.39 is 0 Å². The lowest BCUT2D eigenvalue weighted by atomic mass is 10.0. The van der Waals surface area contributed by atoms with Crippen LogP contribution >= 0.6 is 0 Å². The molecule has 160 valence electrons.